The van der Waals surface area contributed by atoms with E-state index >= 15 is 0 Å². The summed E-state index contributed by atoms with van der Waals surface area (Å²) in [4.78, 5) is 38.9. The van der Waals surface area contributed by atoms with E-state index in [9.17, 15) is 19.5 Å². The molecule has 0 radical (unpaired) electrons. The van der Waals surface area contributed by atoms with Gasteiger partial charge in [0.25, 0.3) is 0 Å². The van der Waals surface area contributed by atoms with Crippen LogP contribution < -0.4 is 15.2 Å². The van der Waals surface area contributed by atoms with Gasteiger partial charge in [-0.25, -0.2) is 4.79 Å². The van der Waals surface area contributed by atoms with Gasteiger partial charge >= 0.3 is 11.7 Å². The van der Waals surface area contributed by atoms with Crippen LogP contribution in [0.4, 0.5) is 0 Å². The minimum atomic E-state index is -0.630. The first-order valence-electron chi connectivity index (χ1n) is 13.4. The molecule has 1 heterocycles. The van der Waals surface area contributed by atoms with Crippen LogP contribution in [0.2, 0.25) is 0 Å². The number of ether oxygens (including phenoxy) is 3. The first-order chi connectivity index (χ1) is 19.9. The van der Waals surface area contributed by atoms with Crippen molar-refractivity contribution in [1.29, 1.82) is 0 Å². The lowest BCUT2D eigenvalue weighted by molar-refractivity contribution is -0.140. The van der Waals surface area contributed by atoms with E-state index in [0.29, 0.717) is 40.4 Å². The second kappa shape index (κ2) is 12.5. The van der Waals surface area contributed by atoms with Gasteiger partial charge in [-0.15, -0.1) is 0 Å². The highest BCUT2D eigenvalue weighted by Gasteiger charge is 2.20. The van der Waals surface area contributed by atoms with Gasteiger partial charge < -0.3 is 19.3 Å². The Morgan fingerprint density at radius 1 is 1.05 bits per heavy atom. The topological polar surface area (TPSA) is 141 Å². The van der Waals surface area contributed by atoms with Gasteiger partial charge in [0.15, 0.2) is 11.6 Å². The number of H-pyrrole nitrogens is 1. The van der Waals surface area contributed by atoms with Crippen molar-refractivity contribution in [2.75, 3.05) is 7.11 Å². The fourth-order valence-electron chi connectivity index (χ4n) is 4.80. The quantitative estimate of drug-likeness (QED) is 0.193. The molecule has 5 rings (SSSR count). The first kappa shape index (κ1) is 27.7. The number of hydrogen-bond donors (Lipinski definition) is 2. The molecule has 1 aromatic heterocycles. The number of carbonyl (C=O) groups excluding carboxylic acids is 2. The Bertz CT molecular complexity index is 1580. The molecular weight excluding hydrogens is 528 g/mol. The van der Waals surface area contributed by atoms with Crippen LogP contribution in [0.1, 0.15) is 59.2 Å². The lowest BCUT2D eigenvalue weighted by Crippen LogP contribution is -2.11. The van der Waals surface area contributed by atoms with Gasteiger partial charge in [-0.3, -0.25) is 19.1 Å². The van der Waals surface area contributed by atoms with Crippen LogP contribution in [-0.4, -0.2) is 40.2 Å². The van der Waals surface area contributed by atoms with E-state index < -0.39 is 5.76 Å². The number of rotatable bonds is 11. The zero-order chi connectivity index (χ0) is 28.8. The minimum absolute atomic E-state index is 0.105. The third-order valence-electron chi connectivity index (χ3n) is 7.03. The maximum atomic E-state index is 13.3. The molecule has 1 fully saturated rings. The van der Waals surface area contributed by atoms with Crippen molar-refractivity contribution in [3.8, 4) is 28.6 Å². The number of benzene rings is 3. The highest BCUT2D eigenvalue weighted by Crippen LogP contribution is 2.31. The third-order valence-corrected chi connectivity index (χ3v) is 7.03. The van der Waals surface area contributed by atoms with Gasteiger partial charge in [0, 0.05) is 23.6 Å². The van der Waals surface area contributed by atoms with Crippen molar-refractivity contribution in [2.45, 2.75) is 51.2 Å². The molecule has 10 nitrogen and oxygen atoms in total. The van der Waals surface area contributed by atoms with Crippen LogP contribution in [0, 0.1) is 0 Å². The Morgan fingerprint density at radius 3 is 2.51 bits per heavy atom. The van der Waals surface area contributed by atoms with Crippen LogP contribution in [-0.2, 0) is 22.6 Å². The van der Waals surface area contributed by atoms with Crippen LogP contribution in [0.15, 0.2) is 70.0 Å². The largest absolute Gasteiger partial charge is 0.507 e. The molecule has 212 valence electrons. The van der Waals surface area contributed by atoms with Crippen LogP contribution in [0.25, 0.3) is 11.4 Å². The SMILES string of the molecule is COC(=O)CCc1cc(C(=O)c2ccc(OC3CCCC3)cc2O)ccc1OCc1ccc(-c2noc(=O)[nH]2)cc1. The average Bonchev–Trinajstić information content (AvgIpc) is 3.67. The summed E-state index contributed by atoms with van der Waals surface area (Å²) in [6, 6.07) is 17.0. The van der Waals surface area contributed by atoms with Gasteiger partial charge in [0.05, 0.1) is 18.8 Å². The van der Waals surface area contributed by atoms with Crippen molar-refractivity contribution in [3.05, 3.63) is 93.5 Å². The highest BCUT2D eigenvalue weighted by atomic mass is 16.5. The molecule has 0 spiro atoms. The Balaban J connectivity index is 1.32. The number of nitrogens with zero attached hydrogens (tertiary/aromatic N) is 1. The first-order valence-corrected chi connectivity index (χ1v) is 13.4. The fraction of sp³-hybridized carbons (Fsp3) is 0.290. The summed E-state index contributed by atoms with van der Waals surface area (Å²) in [6.07, 6.45) is 4.77. The summed E-state index contributed by atoms with van der Waals surface area (Å²) in [7, 11) is 1.32. The molecular formula is C31H30N2O8. The number of aromatic hydroxyl groups is 1. The Morgan fingerprint density at radius 2 is 1.83 bits per heavy atom. The number of phenols is 1. The van der Waals surface area contributed by atoms with Crippen LogP contribution in [0.3, 0.4) is 0 Å². The molecule has 0 amide bonds. The second-order valence-electron chi connectivity index (χ2n) is 9.86. The number of hydrogen-bond acceptors (Lipinski definition) is 9. The number of ketones is 1. The molecule has 4 aromatic rings. The van der Waals surface area contributed by atoms with Gasteiger partial charge in [0.2, 0.25) is 0 Å². The summed E-state index contributed by atoms with van der Waals surface area (Å²) >= 11 is 0. The van der Waals surface area contributed by atoms with E-state index in [4.69, 9.17) is 14.2 Å². The molecule has 0 bridgehead atoms. The molecule has 1 aliphatic rings. The van der Waals surface area contributed by atoms with Crippen LogP contribution >= 0.6 is 0 Å². The number of methoxy groups -OCH3 is 1. The maximum absolute atomic E-state index is 13.3. The molecule has 10 heteroatoms. The van der Waals surface area contributed by atoms with Crippen LogP contribution in [0.5, 0.6) is 17.2 Å². The predicted octanol–water partition coefficient (Wildman–Crippen LogP) is 4.97. The van der Waals surface area contributed by atoms with Crippen molar-refractivity contribution < 1.29 is 33.4 Å². The number of aromatic amines is 1. The van der Waals surface area contributed by atoms with Crippen molar-refractivity contribution in [1.82, 2.24) is 10.1 Å². The van der Waals surface area contributed by atoms with E-state index in [1.165, 1.54) is 13.2 Å². The summed E-state index contributed by atoms with van der Waals surface area (Å²) in [6.45, 7) is 0.220. The normalized spacial score (nSPS) is 13.2. The summed E-state index contributed by atoms with van der Waals surface area (Å²) < 4.78 is 21.3. The van der Waals surface area contributed by atoms with E-state index in [1.807, 2.05) is 12.1 Å². The lowest BCUT2D eigenvalue weighted by atomic mass is 9.98. The van der Waals surface area contributed by atoms with E-state index in [0.717, 1.165) is 31.2 Å². The number of carbonyl (C=O) groups is 2. The molecule has 0 saturated heterocycles. The molecule has 0 atom stereocenters. The minimum Gasteiger partial charge on any atom is -0.507 e. The molecule has 41 heavy (non-hydrogen) atoms. The molecule has 1 saturated carbocycles. The number of aromatic nitrogens is 2. The summed E-state index contributed by atoms with van der Waals surface area (Å²) in [5.41, 5.74) is 2.69. The molecule has 3 aromatic carbocycles. The van der Waals surface area contributed by atoms with E-state index in [-0.39, 0.29) is 42.2 Å². The Hall–Kier alpha value is -4.86. The smallest absolute Gasteiger partial charge is 0.439 e. The van der Waals surface area contributed by atoms with Gasteiger partial charge in [-0.1, -0.05) is 29.4 Å². The van der Waals surface area contributed by atoms with Crippen molar-refractivity contribution >= 4 is 11.8 Å². The van der Waals surface area contributed by atoms with Crippen molar-refractivity contribution in [3.63, 3.8) is 0 Å². The summed E-state index contributed by atoms with van der Waals surface area (Å²) in [5, 5.41) is 14.3. The van der Waals surface area contributed by atoms with E-state index in [2.05, 4.69) is 14.7 Å². The third kappa shape index (κ3) is 6.84. The monoisotopic (exact) mass is 558 g/mol. The number of aryl methyl sites for hydroxylation is 1. The number of esters is 1. The molecule has 2 N–H and O–H groups in total. The number of phenolic OH excluding ortho intramolecular Hbond substituents is 1. The standard InChI is InChI=1S/C31H30N2O8/c1-38-28(35)15-11-21-16-22(29(36)25-13-12-24(17-26(25)34)40-23-4-2-3-5-23)10-14-27(21)39-18-19-6-8-20(9-7-19)30-32-31(37)41-33-30/h6-10,12-14,16-17,23,34H,2-5,11,15,18H2,1H3,(H,32,33,37). The second-order valence-corrected chi connectivity index (χ2v) is 9.86. The predicted molar refractivity (Wildman–Crippen MR) is 148 cm³/mol. The van der Waals surface area contributed by atoms with Gasteiger partial charge in [-0.2, -0.15) is 0 Å². The number of nitrogens with one attached hydrogen (secondary N) is 1. The molecule has 1 aliphatic carbocycles. The maximum Gasteiger partial charge on any atom is 0.439 e. The van der Waals surface area contributed by atoms with Gasteiger partial charge in [-0.05, 0) is 73.6 Å². The average molecular weight is 559 g/mol. The Labute approximate surface area is 235 Å². The summed E-state index contributed by atoms with van der Waals surface area (Å²) in [5.74, 6) is -0.146. The molecule has 0 unspecified atom stereocenters. The fourth-order valence-corrected chi connectivity index (χ4v) is 4.80. The highest BCUT2D eigenvalue weighted by molar-refractivity contribution is 6.11. The Kier molecular flexibility index (Phi) is 8.47. The van der Waals surface area contributed by atoms with E-state index in [1.54, 1.807) is 42.5 Å². The zero-order valence-corrected chi connectivity index (χ0v) is 22.6. The lowest BCUT2D eigenvalue weighted by Gasteiger charge is -2.15. The van der Waals surface area contributed by atoms with Gasteiger partial charge in [0.1, 0.15) is 23.9 Å². The molecule has 0 aliphatic heterocycles. The van der Waals surface area contributed by atoms with Crippen molar-refractivity contribution in [2.24, 2.45) is 0 Å². The zero-order valence-electron chi connectivity index (χ0n) is 22.6.